The van der Waals surface area contributed by atoms with Crippen molar-refractivity contribution in [3.8, 4) is 11.1 Å². The number of rotatable bonds is 4. The molecule has 2 aromatic carbocycles. The van der Waals surface area contributed by atoms with Crippen LogP contribution >= 0.6 is 11.3 Å². The van der Waals surface area contributed by atoms with Gasteiger partial charge in [0.05, 0.1) is 5.69 Å². The normalized spacial score (nSPS) is 11.1. The lowest BCUT2D eigenvalue weighted by Gasteiger charge is -2.03. The van der Waals surface area contributed by atoms with Crippen LogP contribution < -0.4 is 5.73 Å². The van der Waals surface area contributed by atoms with Gasteiger partial charge in [-0.05, 0) is 59.7 Å². The zero-order valence-corrected chi connectivity index (χ0v) is 12.8. The number of nitrogen functional groups attached to an aromatic ring is 1. The minimum atomic E-state index is -0.360. The summed E-state index contributed by atoms with van der Waals surface area (Å²) < 4.78 is 14.9. The van der Waals surface area contributed by atoms with Crippen LogP contribution in [0.15, 0.2) is 42.5 Å². The summed E-state index contributed by atoms with van der Waals surface area (Å²) in [6, 6.07) is 13.5. The maximum atomic E-state index is 13.6. The molecule has 0 amide bonds. The van der Waals surface area contributed by atoms with Crippen molar-refractivity contribution < 1.29 is 4.39 Å². The molecule has 0 saturated heterocycles. The molecule has 1 heterocycles. The molecule has 0 fully saturated rings. The van der Waals surface area contributed by atoms with Crippen LogP contribution in [-0.4, -0.2) is 0 Å². The van der Waals surface area contributed by atoms with Gasteiger partial charge in [-0.25, -0.2) is 4.39 Å². The first-order chi connectivity index (χ1) is 10.2. The monoisotopic (exact) mass is 299 g/mol. The lowest BCUT2D eigenvalue weighted by molar-refractivity contribution is 0.633. The van der Waals surface area contributed by atoms with Crippen LogP contribution in [0, 0.1) is 5.82 Å². The second-order valence-corrected chi connectivity index (χ2v) is 6.47. The third-order valence-electron chi connectivity index (χ3n) is 3.68. The van der Waals surface area contributed by atoms with Crippen LogP contribution in [0.5, 0.6) is 0 Å². The third-order valence-corrected chi connectivity index (χ3v) is 4.85. The Morgan fingerprint density at radius 3 is 2.57 bits per heavy atom. The number of fused-ring (bicyclic) bond motifs is 1. The number of nitrogens with two attached hydrogens (primary N) is 1. The first kappa shape index (κ1) is 14.1. The minimum absolute atomic E-state index is 0.192. The molecule has 0 bridgehead atoms. The minimum Gasteiger partial charge on any atom is -0.396 e. The van der Waals surface area contributed by atoms with Gasteiger partial charge in [0.15, 0.2) is 0 Å². The van der Waals surface area contributed by atoms with E-state index in [-0.39, 0.29) is 11.5 Å². The van der Waals surface area contributed by atoms with Crippen molar-refractivity contribution in [2.75, 3.05) is 5.73 Å². The summed E-state index contributed by atoms with van der Waals surface area (Å²) in [7, 11) is 0. The largest absolute Gasteiger partial charge is 0.396 e. The Morgan fingerprint density at radius 2 is 1.81 bits per heavy atom. The fourth-order valence-corrected chi connectivity index (χ4v) is 3.55. The van der Waals surface area contributed by atoms with Crippen LogP contribution in [0.25, 0.3) is 21.2 Å². The standard InChI is InChI=1S/C18H18FNS/c1-2-3-4-15-10-14-9-12(6-8-18(14)21-15)13-5-7-17(20)16(19)11-13/h5-11H,2-4,20H2,1H3. The molecule has 2 N–H and O–H groups in total. The third kappa shape index (κ3) is 2.93. The predicted octanol–water partition coefficient (Wildman–Crippen LogP) is 5.63. The van der Waals surface area contributed by atoms with E-state index in [9.17, 15) is 4.39 Å². The molecule has 0 unspecified atom stereocenters. The average Bonchev–Trinajstić information content (AvgIpc) is 2.89. The predicted molar refractivity (Wildman–Crippen MR) is 90.2 cm³/mol. The molecule has 108 valence electrons. The second-order valence-electron chi connectivity index (χ2n) is 5.31. The highest BCUT2D eigenvalue weighted by Crippen LogP contribution is 2.31. The molecule has 21 heavy (non-hydrogen) atoms. The quantitative estimate of drug-likeness (QED) is 0.620. The number of hydrogen-bond acceptors (Lipinski definition) is 2. The van der Waals surface area contributed by atoms with E-state index in [2.05, 4.69) is 25.1 Å². The van der Waals surface area contributed by atoms with Crippen LogP contribution in [0.1, 0.15) is 24.6 Å². The van der Waals surface area contributed by atoms with E-state index in [0.29, 0.717) is 0 Å². The van der Waals surface area contributed by atoms with Crippen molar-refractivity contribution in [1.29, 1.82) is 0 Å². The van der Waals surface area contributed by atoms with Crippen molar-refractivity contribution in [1.82, 2.24) is 0 Å². The molecular weight excluding hydrogens is 281 g/mol. The number of aryl methyl sites for hydroxylation is 1. The van der Waals surface area contributed by atoms with Crippen LogP contribution in [0.3, 0.4) is 0 Å². The van der Waals surface area contributed by atoms with E-state index in [1.165, 1.54) is 33.9 Å². The second kappa shape index (κ2) is 5.86. The molecule has 3 heteroatoms. The maximum Gasteiger partial charge on any atom is 0.146 e. The van der Waals surface area contributed by atoms with Gasteiger partial charge in [-0.2, -0.15) is 0 Å². The van der Waals surface area contributed by atoms with Crippen LogP contribution in [-0.2, 0) is 6.42 Å². The molecule has 0 spiro atoms. The zero-order valence-electron chi connectivity index (χ0n) is 12.0. The van der Waals surface area contributed by atoms with Gasteiger partial charge in [-0.3, -0.25) is 0 Å². The molecule has 1 nitrogen and oxygen atoms in total. The van der Waals surface area contributed by atoms with E-state index in [4.69, 9.17) is 5.73 Å². The summed E-state index contributed by atoms with van der Waals surface area (Å²) in [5.74, 6) is -0.360. The molecule has 3 aromatic rings. The Labute approximate surface area is 128 Å². The summed E-state index contributed by atoms with van der Waals surface area (Å²) in [5, 5.41) is 1.24. The van der Waals surface area contributed by atoms with Gasteiger partial charge in [0.1, 0.15) is 5.82 Å². The van der Waals surface area contributed by atoms with Gasteiger partial charge in [-0.1, -0.05) is 25.5 Å². The molecule has 0 radical (unpaired) electrons. The lowest BCUT2D eigenvalue weighted by Crippen LogP contribution is -1.90. The topological polar surface area (TPSA) is 26.0 Å². The molecule has 0 aliphatic carbocycles. The SMILES string of the molecule is CCCCc1cc2cc(-c3ccc(N)c(F)c3)ccc2s1. The average molecular weight is 299 g/mol. The van der Waals surface area contributed by atoms with E-state index >= 15 is 0 Å². The van der Waals surface area contributed by atoms with Crippen molar-refractivity contribution in [3.63, 3.8) is 0 Å². The number of thiophene rings is 1. The van der Waals surface area contributed by atoms with Gasteiger partial charge >= 0.3 is 0 Å². The van der Waals surface area contributed by atoms with Gasteiger partial charge in [0, 0.05) is 9.58 Å². The number of hydrogen-bond donors (Lipinski definition) is 1. The van der Waals surface area contributed by atoms with Crippen molar-refractivity contribution in [3.05, 3.63) is 53.2 Å². The van der Waals surface area contributed by atoms with Gasteiger partial charge < -0.3 is 5.73 Å². The van der Waals surface area contributed by atoms with E-state index in [0.717, 1.165) is 17.5 Å². The zero-order chi connectivity index (χ0) is 14.8. The van der Waals surface area contributed by atoms with Gasteiger partial charge in [0.25, 0.3) is 0 Å². The maximum absolute atomic E-state index is 13.6. The van der Waals surface area contributed by atoms with E-state index in [1.807, 2.05) is 23.5 Å². The Balaban J connectivity index is 1.97. The van der Waals surface area contributed by atoms with Crippen LogP contribution in [0.2, 0.25) is 0 Å². The fraction of sp³-hybridized carbons (Fsp3) is 0.222. The first-order valence-corrected chi connectivity index (χ1v) is 8.07. The molecule has 0 aliphatic rings. The molecule has 0 saturated carbocycles. The van der Waals surface area contributed by atoms with Gasteiger partial charge in [-0.15, -0.1) is 11.3 Å². The highest BCUT2D eigenvalue weighted by molar-refractivity contribution is 7.19. The van der Waals surface area contributed by atoms with Crippen LogP contribution in [0.4, 0.5) is 10.1 Å². The van der Waals surface area contributed by atoms with E-state index < -0.39 is 0 Å². The molecule has 3 rings (SSSR count). The number of halogens is 1. The highest BCUT2D eigenvalue weighted by Gasteiger charge is 2.06. The summed E-state index contributed by atoms with van der Waals surface area (Å²) in [5.41, 5.74) is 7.62. The Morgan fingerprint density at radius 1 is 1.05 bits per heavy atom. The molecule has 0 atom stereocenters. The number of benzene rings is 2. The van der Waals surface area contributed by atoms with E-state index in [1.54, 1.807) is 6.07 Å². The summed E-state index contributed by atoms with van der Waals surface area (Å²) >= 11 is 1.85. The molecule has 1 aromatic heterocycles. The summed E-state index contributed by atoms with van der Waals surface area (Å²) in [6.07, 6.45) is 3.58. The lowest BCUT2D eigenvalue weighted by atomic mass is 10.0. The highest BCUT2D eigenvalue weighted by atomic mass is 32.1. The summed E-state index contributed by atoms with van der Waals surface area (Å²) in [6.45, 7) is 2.21. The summed E-state index contributed by atoms with van der Waals surface area (Å²) in [4.78, 5) is 1.42. The Hall–Kier alpha value is -1.87. The number of unbranched alkanes of at least 4 members (excludes halogenated alkanes) is 1. The van der Waals surface area contributed by atoms with Crippen molar-refractivity contribution in [2.24, 2.45) is 0 Å². The Kier molecular flexibility index (Phi) is 3.93. The Bertz CT molecular complexity index is 776. The van der Waals surface area contributed by atoms with Crippen molar-refractivity contribution in [2.45, 2.75) is 26.2 Å². The smallest absolute Gasteiger partial charge is 0.146 e. The van der Waals surface area contributed by atoms with Gasteiger partial charge in [0.2, 0.25) is 0 Å². The first-order valence-electron chi connectivity index (χ1n) is 7.25. The number of anilines is 1. The fourth-order valence-electron chi connectivity index (χ4n) is 2.46. The molecular formula is C18H18FNS. The van der Waals surface area contributed by atoms with Crippen molar-refractivity contribution >= 4 is 27.1 Å². The molecule has 0 aliphatic heterocycles.